The Balaban J connectivity index is 4.19. The molecule has 0 aliphatic carbocycles. The number of allylic oxidation sites excluding steroid dienone is 5. The van der Waals surface area contributed by atoms with Crippen LogP contribution in [-0.2, 0) is 0 Å². The predicted octanol–water partition coefficient (Wildman–Crippen LogP) is 3.08. The zero-order valence-corrected chi connectivity index (χ0v) is 6.44. The summed E-state index contributed by atoms with van der Waals surface area (Å²) in [4.78, 5) is 0. The minimum absolute atomic E-state index is 1.28. The van der Waals surface area contributed by atoms with E-state index in [1.165, 1.54) is 11.1 Å². The molecule has 9 heavy (non-hydrogen) atoms. The molecule has 0 saturated carbocycles. The first-order valence-corrected chi connectivity index (χ1v) is 3.15. The highest BCUT2D eigenvalue weighted by Crippen LogP contribution is 2.06. The molecule has 0 bridgehead atoms. The number of rotatable bonds is 2. The molecule has 0 radical (unpaired) electrons. The highest BCUT2D eigenvalue weighted by molar-refractivity contribution is 5.28. The molecule has 0 aliphatic heterocycles. The largest absolute Gasteiger partial charge is 0.0991 e. The molecule has 50 valence electrons. The van der Waals surface area contributed by atoms with E-state index in [4.69, 9.17) is 0 Å². The maximum atomic E-state index is 3.61. The first-order chi connectivity index (χ1) is 4.22. The fourth-order valence-electron chi connectivity index (χ4n) is 0.536. The SMILES string of the molecule is C=C/C=C(C)\C(C)=C\C. The van der Waals surface area contributed by atoms with Gasteiger partial charge in [0, 0.05) is 0 Å². The van der Waals surface area contributed by atoms with Crippen molar-refractivity contribution < 1.29 is 0 Å². The van der Waals surface area contributed by atoms with Gasteiger partial charge in [0.25, 0.3) is 0 Å². The summed E-state index contributed by atoms with van der Waals surface area (Å²) in [5, 5.41) is 0. The topological polar surface area (TPSA) is 0 Å². The van der Waals surface area contributed by atoms with Crippen LogP contribution in [0.2, 0.25) is 0 Å². The fourth-order valence-corrected chi connectivity index (χ4v) is 0.536. The Hall–Kier alpha value is -0.780. The lowest BCUT2D eigenvalue weighted by molar-refractivity contribution is 1.33. The van der Waals surface area contributed by atoms with Crippen LogP contribution < -0.4 is 0 Å². The highest BCUT2D eigenvalue weighted by atomic mass is 13.9. The van der Waals surface area contributed by atoms with Gasteiger partial charge >= 0.3 is 0 Å². The van der Waals surface area contributed by atoms with Gasteiger partial charge in [0.1, 0.15) is 0 Å². The van der Waals surface area contributed by atoms with Crippen molar-refractivity contribution in [2.45, 2.75) is 20.8 Å². The fraction of sp³-hybridized carbons (Fsp3) is 0.333. The average Bonchev–Trinajstić information content (AvgIpc) is 1.87. The van der Waals surface area contributed by atoms with Gasteiger partial charge in [-0.25, -0.2) is 0 Å². The average molecular weight is 122 g/mol. The summed E-state index contributed by atoms with van der Waals surface area (Å²) >= 11 is 0. The molecule has 0 heterocycles. The van der Waals surface area contributed by atoms with Crippen molar-refractivity contribution in [2.24, 2.45) is 0 Å². The smallest absolute Gasteiger partial charge is 0.0395 e. The summed E-state index contributed by atoms with van der Waals surface area (Å²) in [6.45, 7) is 9.82. The molecule has 0 aromatic rings. The molecule has 0 nitrogen and oxygen atoms in total. The molecular formula is C9H14. The molecule has 0 spiro atoms. The molecule has 0 aliphatic rings. The van der Waals surface area contributed by atoms with E-state index < -0.39 is 0 Å². The van der Waals surface area contributed by atoms with Gasteiger partial charge in [0.05, 0.1) is 0 Å². The van der Waals surface area contributed by atoms with E-state index in [0.29, 0.717) is 0 Å². The third kappa shape index (κ3) is 2.91. The van der Waals surface area contributed by atoms with Gasteiger partial charge in [-0.05, 0) is 26.3 Å². The van der Waals surface area contributed by atoms with E-state index in [-0.39, 0.29) is 0 Å². The van der Waals surface area contributed by atoms with E-state index in [9.17, 15) is 0 Å². The van der Waals surface area contributed by atoms with Crippen molar-refractivity contribution in [3.05, 3.63) is 36.0 Å². The summed E-state index contributed by atoms with van der Waals surface area (Å²) in [7, 11) is 0. The molecule has 0 heteroatoms. The first-order valence-electron chi connectivity index (χ1n) is 3.15. The molecular weight excluding hydrogens is 108 g/mol. The molecule has 0 rings (SSSR count). The van der Waals surface area contributed by atoms with Crippen molar-refractivity contribution in [3.8, 4) is 0 Å². The molecule has 0 aromatic heterocycles. The van der Waals surface area contributed by atoms with Crippen LogP contribution in [0.5, 0.6) is 0 Å². The van der Waals surface area contributed by atoms with Gasteiger partial charge in [-0.2, -0.15) is 0 Å². The molecule has 0 amide bonds. The Morgan fingerprint density at radius 1 is 1.22 bits per heavy atom. The minimum atomic E-state index is 1.28. The first kappa shape index (κ1) is 8.22. The number of hydrogen-bond donors (Lipinski definition) is 0. The lowest BCUT2D eigenvalue weighted by Crippen LogP contribution is -1.75. The molecule has 0 N–H and O–H groups in total. The Bertz CT molecular complexity index is 147. The van der Waals surface area contributed by atoms with Gasteiger partial charge in [0.2, 0.25) is 0 Å². The predicted molar refractivity (Wildman–Crippen MR) is 43.4 cm³/mol. The van der Waals surface area contributed by atoms with Crippen molar-refractivity contribution in [1.82, 2.24) is 0 Å². The molecule has 0 saturated heterocycles. The second-order valence-corrected chi connectivity index (χ2v) is 2.06. The zero-order chi connectivity index (χ0) is 7.28. The van der Waals surface area contributed by atoms with Crippen LogP contribution in [-0.4, -0.2) is 0 Å². The molecule has 0 unspecified atom stereocenters. The third-order valence-electron chi connectivity index (χ3n) is 1.42. The highest BCUT2D eigenvalue weighted by Gasteiger charge is 1.85. The Kier molecular flexibility index (Phi) is 3.78. The van der Waals surface area contributed by atoms with Gasteiger partial charge < -0.3 is 0 Å². The Labute approximate surface area is 57.6 Å². The van der Waals surface area contributed by atoms with E-state index in [1.807, 2.05) is 19.1 Å². The van der Waals surface area contributed by atoms with E-state index >= 15 is 0 Å². The van der Waals surface area contributed by atoms with Gasteiger partial charge in [0.15, 0.2) is 0 Å². The standard InChI is InChI=1S/C9H14/c1-5-7-9(4)8(3)6-2/h5-7H,1H2,2-4H3/b8-6+,9-7-. The van der Waals surface area contributed by atoms with Crippen LogP contribution in [0, 0.1) is 0 Å². The Morgan fingerprint density at radius 2 is 1.78 bits per heavy atom. The van der Waals surface area contributed by atoms with Crippen molar-refractivity contribution >= 4 is 0 Å². The summed E-state index contributed by atoms with van der Waals surface area (Å²) in [6.07, 6.45) is 5.91. The lowest BCUT2D eigenvalue weighted by Gasteiger charge is -1.95. The summed E-state index contributed by atoms with van der Waals surface area (Å²) in [5.74, 6) is 0. The lowest BCUT2D eigenvalue weighted by atomic mass is 10.1. The van der Waals surface area contributed by atoms with Crippen LogP contribution >= 0.6 is 0 Å². The van der Waals surface area contributed by atoms with Gasteiger partial charge in [-0.15, -0.1) is 0 Å². The zero-order valence-electron chi connectivity index (χ0n) is 6.44. The summed E-state index contributed by atoms with van der Waals surface area (Å²) in [6, 6.07) is 0. The van der Waals surface area contributed by atoms with Gasteiger partial charge in [-0.1, -0.05) is 30.4 Å². The summed E-state index contributed by atoms with van der Waals surface area (Å²) < 4.78 is 0. The second kappa shape index (κ2) is 4.13. The van der Waals surface area contributed by atoms with Crippen LogP contribution in [0.25, 0.3) is 0 Å². The third-order valence-corrected chi connectivity index (χ3v) is 1.42. The second-order valence-electron chi connectivity index (χ2n) is 2.06. The molecule has 0 atom stereocenters. The quantitative estimate of drug-likeness (QED) is 0.494. The molecule has 0 fully saturated rings. The van der Waals surface area contributed by atoms with E-state index in [2.05, 4.69) is 26.5 Å². The van der Waals surface area contributed by atoms with Crippen molar-refractivity contribution in [1.29, 1.82) is 0 Å². The van der Waals surface area contributed by atoms with Crippen LogP contribution in [0.1, 0.15) is 20.8 Å². The minimum Gasteiger partial charge on any atom is -0.0991 e. The van der Waals surface area contributed by atoms with Crippen molar-refractivity contribution in [3.63, 3.8) is 0 Å². The van der Waals surface area contributed by atoms with Crippen molar-refractivity contribution in [2.75, 3.05) is 0 Å². The van der Waals surface area contributed by atoms with Gasteiger partial charge in [-0.3, -0.25) is 0 Å². The molecule has 0 aromatic carbocycles. The van der Waals surface area contributed by atoms with E-state index in [1.54, 1.807) is 0 Å². The maximum absolute atomic E-state index is 3.61. The van der Waals surface area contributed by atoms with E-state index in [0.717, 1.165) is 0 Å². The Morgan fingerprint density at radius 3 is 2.11 bits per heavy atom. The number of hydrogen-bond acceptors (Lipinski definition) is 0. The normalized spacial score (nSPS) is 13.7. The van der Waals surface area contributed by atoms with Crippen LogP contribution in [0.15, 0.2) is 36.0 Å². The monoisotopic (exact) mass is 122 g/mol. The maximum Gasteiger partial charge on any atom is -0.0395 e. The van der Waals surface area contributed by atoms with Crippen LogP contribution in [0.3, 0.4) is 0 Å². The summed E-state index contributed by atoms with van der Waals surface area (Å²) in [5.41, 5.74) is 2.60. The van der Waals surface area contributed by atoms with Crippen LogP contribution in [0.4, 0.5) is 0 Å².